The zero-order valence-electron chi connectivity index (χ0n) is 11.6. The summed E-state index contributed by atoms with van der Waals surface area (Å²) in [5.74, 6) is 0.529. The van der Waals surface area contributed by atoms with E-state index < -0.39 is 10.4 Å². The summed E-state index contributed by atoms with van der Waals surface area (Å²) in [6.45, 7) is 5.54. The molecule has 0 radical (unpaired) electrons. The summed E-state index contributed by atoms with van der Waals surface area (Å²) >= 11 is 0. The molecular weight excluding hydrogens is 283 g/mol. The first-order valence-corrected chi connectivity index (χ1v) is 7.47. The predicted molar refractivity (Wildman–Crippen MR) is 84.4 cm³/mol. The molecule has 2 aromatic rings. The van der Waals surface area contributed by atoms with E-state index in [1.54, 1.807) is 44.2 Å². The molecule has 2 rings (SSSR count). The average molecular weight is 300 g/mol. The van der Waals surface area contributed by atoms with Gasteiger partial charge in [-0.05, 0) is 44.0 Å². The van der Waals surface area contributed by atoms with Gasteiger partial charge in [-0.1, -0.05) is 35.9 Å². The molecule has 0 fully saturated rings. The van der Waals surface area contributed by atoms with Crippen molar-refractivity contribution in [3.05, 3.63) is 59.2 Å². The third kappa shape index (κ3) is 4.82. The predicted octanol–water partition coefficient (Wildman–Crippen LogP) is 2.67. The second kappa shape index (κ2) is 7.04. The Balaban J connectivity index is 0.00000220. The van der Waals surface area contributed by atoms with Crippen molar-refractivity contribution in [3.8, 4) is 11.5 Å². The van der Waals surface area contributed by atoms with Crippen LogP contribution in [0.2, 0.25) is 0 Å². The fourth-order valence-electron chi connectivity index (χ4n) is 2.01. The fourth-order valence-corrected chi connectivity index (χ4v) is 2.86. The Morgan fingerprint density at radius 2 is 1.38 bits per heavy atom. The van der Waals surface area contributed by atoms with E-state index in [4.69, 9.17) is 8.37 Å². The van der Waals surface area contributed by atoms with Crippen LogP contribution in [0.1, 0.15) is 16.7 Å². The molecule has 6 heteroatoms. The van der Waals surface area contributed by atoms with Crippen molar-refractivity contribution in [2.45, 2.75) is 20.8 Å². The maximum atomic E-state index is 11.9. The molecule has 0 aliphatic heterocycles. The van der Waals surface area contributed by atoms with Crippen LogP contribution in [0.5, 0.6) is 11.5 Å². The standard InChI is InChI=1S/C15H16O4S.Li.H/c1-11-9-12(2)15(13(3)10-11)19-20(16,17)18-14-7-5-4-6-8-14;;/h4-10H,1-3H3;;. The van der Waals surface area contributed by atoms with Crippen LogP contribution in [0.4, 0.5) is 0 Å². The molecule has 2 aromatic carbocycles. The third-order valence-electron chi connectivity index (χ3n) is 2.73. The molecule has 0 saturated heterocycles. The van der Waals surface area contributed by atoms with Crippen LogP contribution in [-0.2, 0) is 10.4 Å². The van der Waals surface area contributed by atoms with Gasteiger partial charge in [-0.3, -0.25) is 0 Å². The molecule has 0 heterocycles. The number of hydrogen-bond acceptors (Lipinski definition) is 4. The Morgan fingerprint density at radius 3 is 1.90 bits per heavy atom. The van der Waals surface area contributed by atoms with Gasteiger partial charge in [-0.25, -0.2) is 0 Å². The molecule has 0 bridgehead atoms. The van der Waals surface area contributed by atoms with Gasteiger partial charge in [0.25, 0.3) is 0 Å². The molecule has 4 nitrogen and oxygen atoms in total. The number of benzene rings is 2. The van der Waals surface area contributed by atoms with Gasteiger partial charge in [-0.2, -0.15) is 0 Å². The van der Waals surface area contributed by atoms with Crippen LogP contribution in [-0.4, -0.2) is 27.3 Å². The van der Waals surface area contributed by atoms with Gasteiger partial charge in [0.15, 0.2) is 5.75 Å². The zero-order chi connectivity index (χ0) is 14.8. The molecule has 108 valence electrons. The maximum absolute atomic E-state index is 11.9. The molecule has 0 atom stereocenters. The topological polar surface area (TPSA) is 52.6 Å². The van der Waals surface area contributed by atoms with Crippen molar-refractivity contribution >= 4 is 29.3 Å². The summed E-state index contributed by atoms with van der Waals surface area (Å²) < 4.78 is 33.8. The fraction of sp³-hybridized carbons (Fsp3) is 0.200. The summed E-state index contributed by atoms with van der Waals surface area (Å²) in [4.78, 5) is 0. The van der Waals surface area contributed by atoms with Crippen LogP contribution in [0.3, 0.4) is 0 Å². The number of hydrogen-bond donors (Lipinski definition) is 0. The van der Waals surface area contributed by atoms with Crippen molar-refractivity contribution in [3.63, 3.8) is 0 Å². The zero-order valence-corrected chi connectivity index (χ0v) is 12.4. The van der Waals surface area contributed by atoms with E-state index in [9.17, 15) is 8.42 Å². The van der Waals surface area contributed by atoms with E-state index in [0.29, 0.717) is 5.75 Å². The summed E-state index contributed by atoms with van der Waals surface area (Å²) in [5.41, 5.74) is 2.55. The SMILES string of the molecule is Cc1cc(C)c(OS(=O)(=O)Oc2ccccc2)c(C)c1.[LiH]. The van der Waals surface area contributed by atoms with E-state index in [1.807, 2.05) is 19.1 Å². The summed E-state index contributed by atoms with van der Waals surface area (Å²) in [5, 5.41) is 0. The second-order valence-electron chi connectivity index (χ2n) is 4.62. The van der Waals surface area contributed by atoms with Crippen molar-refractivity contribution in [1.29, 1.82) is 0 Å². The second-order valence-corrected chi connectivity index (χ2v) is 5.77. The molecule has 0 aromatic heterocycles. The first-order valence-electron chi connectivity index (χ1n) is 6.14. The number of rotatable bonds is 4. The molecule has 0 aliphatic rings. The molecule has 0 N–H and O–H groups in total. The van der Waals surface area contributed by atoms with Gasteiger partial charge in [0, 0.05) is 0 Å². The van der Waals surface area contributed by atoms with Crippen LogP contribution >= 0.6 is 0 Å². The summed E-state index contributed by atoms with van der Waals surface area (Å²) in [6.07, 6.45) is 0. The Bertz CT molecular complexity index is 689. The molecule has 21 heavy (non-hydrogen) atoms. The van der Waals surface area contributed by atoms with Crippen LogP contribution in [0, 0.1) is 20.8 Å². The van der Waals surface area contributed by atoms with E-state index >= 15 is 0 Å². The first-order chi connectivity index (χ1) is 9.37. The average Bonchev–Trinajstić information content (AvgIpc) is 2.34. The van der Waals surface area contributed by atoms with Crippen LogP contribution in [0.25, 0.3) is 0 Å². The molecular formula is C15H17LiO4S. The summed E-state index contributed by atoms with van der Waals surface area (Å²) in [6, 6.07) is 12.0. The molecule has 0 aliphatic carbocycles. The minimum atomic E-state index is -4.15. The van der Waals surface area contributed by atoms with Gasteiger partial charge in [0.2, 0.25) is 0 Å². The van der Waals surface area contributed by atoms with Gasteiger partial charge >= 0.3 is 29.3 Å². The number of aryl methyl sites for hydroxylation is 3. The Hall–Kier alpha value is -1.41. The Morgan fingerprint density at radius 1 is 0.857 bits per heavy atom. The van der Waals surface area contributed by atoms with Crippen LogP contribution < -0.4 is 8.37 Å². The Labute approximate surface area is 137 Å². The van der Waals surface area contributed by atoms with Crippen molar-refractivity contribution in [1.82, 2.24) is 0 Å². The van der Waals surface area contributed by atoms with E-state index in [2.05, 4.69) is 0 Å². The van der Waals surface area contributed by atoms with Gasteiger partial charge in [0.05, 0.1) is 0 Å². The monoisotopic (exact) mass is 300 g/mol. The molecule has 0 amide bonds. The molecule has 0 unspecified atom stereocenters. The minimum absolute atomic E-state index is 0. The summed E-state index contributed by atoms with van der Waals surface area (Å²) in [7, 11) is -4.15. The first kappa shape index (κ1) is 17.6. The van der Waals surface area contributed by atoms with E-state index in [1.165, 1.54) is 0 Å². The third-order valence-corrected chi connectivity index (χ3v) is 3.50. The Kier molecular flexibility index (Phi) is 5.91. The molecule has 0 spiro atoms. The van der Waals surface area contributed by atoms with Gasteiger partial charge < -0.3 is 8.37 Å². The van der Waals surface area contributed by atoms with Crippen molar-refractivity contribution < 1.29 is 16.8 Å². The quantitative estimate of drug-likeness (QED) is 0.815. The molecule has 0 saturated carbocycles. The van der Waals surface area contributed by atoms with Crippen molar-refractivity contribution in [2.24, 2.45) is 0 Å². The van der Waals surface area contributed by atoms with Crippen molar-refractivity contribution in [2.75, 3.05) is 0 Å². The number of para-hydroxylation sites is 1. The van der Waals surface area contributed by atoms with Gasteiger partial charge in [-0.15, -0.1) is 8.42 Å². The normalized spacial score (nSPS) is 10.6. The van der Waals surface area contributed by atoms with Gasteiger partial charge in [0.1, 0.15) is 5.75 Å². The van der Waals surface area contributed by atoms with E-state index in [0.717, 1.165) is 16.7 Å². The van der Waals surface area contributed by atoms with E-state index in [-0.39, 0.29) is 24.6 Å². The van der Waals surface area contributed by atoms with Crippen LogP contribution in [0.15, 0.2) is 42.5 Å².